The molecule has 0 saturated heterocycles. The third-order valence-corrected chi connectivity index (χ3v) is 4.18. The van der Waals surface area contributed by atoms with Crippen LogP contribution in [0.1, 0.15) is 19.3 Å². The molecule has 2 heteroatoms. The van der Waals surface area contributed by atoms with E-state index in [2.05, 4.69) is 54.4 Å². The predicted octanol–water partition coefficient (Wildman–Crippen LogP) is 3.16. The van der Waals surface area contributed by atoms with Gasteiger partial charge in [-0.1, -0.05) is 36.4 Å². The van der Waals surface area contributed by atoms with Crippen LogP contribution in [0.5, 0.6) is 0 Å². The van der Waals surface area contributed by atoms with E-state index in [4.69, 9.17) is 5.73 Å². The fraction of sp³-hybridized carbons (Fsp3) is 0.375. The van der Waals surface area contributed by atoms with E-state index in [0.717, 1.165) is 6.42 Å². The lowest BCUT2D eigenvalue weighted by Gasteiger charge is -2.30. The number of benzene rings is 2. The molecule has 2 atom stereocenters. The van der Waals surface area contributed by atoms with Crippen molar-refractivity contribution >= 4 is 16.5 Å². The van der Waals surface area contributed by atoms with Crippen LogP contribution in [-0.2, 0) is 0 Å². The highest BCUT2D eigenvalue weighted by Crippen LogP contribution is 2.31. The molecule has 2 aromatic carbocycles. The molecule has 18 heavy (non-hydrogen) atoms. The van der Waals surface area contributed by atoms with Crippen molar-refractivity contribution in [3.63, 3.8) is 0 Å². The number of anilines is 1. The fourth-order valence-electron chi connectivity index (χ4n) is 3.14. The highest BCUT2D eigenvalue weighted by atomic mass is 15.2. The molecule has 0 spiro atoms. The number of rotatable bonds is 2. The van der Waals surface area contributed by atoms with Gasteiger partial charge in [0.2, 0.25) is 0 Å². The van der Waals surface area contributed by atoms with Crippen molar-refractivity contribution in [3.8, 4) is 0 Å². The Kier molecular flexibility index (Phi) is 2.96. The Morgan fingerprint density at radius 1 is 1.06 bits per heavy atom. The molecule has 1 aliphatic carbocycles. The average Bonchev–Trinajstić information content (AvgIpc) is 2.83. The first-order valence-electron chi connectivity index (χ1n) is 6.73. The van der Waals surface area contributed by atoms with Crippen LogP contribution in [0.2, 0.25) is 0 Å². The minimum Gasteiger partial charge on any atom is -0.370 e. The summed E-state index contributed by atoms with van der Waals surface area (Å²) in [6.45, 7) is 0. The molecule has 1 aliphatic rings. The first kappa shape index (κ1) is 11.5. The number of nitrogens with zero attached hydrogens (tertiary/aromatic N) is 1. The van der Waals surface area contributed by atoms with Crippen LogP contribution < -0.4 is 10.6 Å². The second-order valence-corrected chi connectivity index (χ2v) is 5.27. The smallest absolute Gasteiger partial charge is 0.0446 e. The monoisotopic (exact) mass is 240 g/mol. The van der Waals surface area contributed by atoms with Crippen LogP contribution in [0.3, 0.4) is 0 Å². The van der Waals surface area contributed by atoms with E-state index in [1.165, 1.54) is 29.3 Å². The van der Waals surface area contributed by atoms with Crippen molar-refractivity contribution in [2.45, 2.75) is 31.3 Å². The van der Waals surface area contributed by atoms with Crippen molar-refractivity contribution in [1.82, 2.24) is 0 Å². The highest BCUT2D eigenvalue weighted by molar-refractivity contribution is 5.94. The molecule has 2 N–H and O–H groups in total. The van der Waals surface area contributed by atoms with Crippen LogP contribution in [0.25, 0.3) is 10.8 Å². The summed E-state index contributed by atoms with van der Waals surface area (Å²) in [4.78, 5) is 2.38. The molecule has 0 aliphatic heterocycles. The molecule has 94 valence electrons. The predicted molar refractivity (Wildman–Crippen MR) is 78.0 cm³/mol. The maximum absolute atomic E-state index is 6.22. The zero-order chi connectivity index (χ0) is 12.5. The minimum absolute atomic E-state index is 0.314. The van der Waals surface area contributed by atoms with Crippen LogP contribution in [0, 0.1) is 0 Å². The Balaban J connectivity index is 2.03. The van der Waals surface area contributed by atoms with Crippen molar-refractivity contribution in [1.29, 1.82) is 0 Å². The number of hydrogen-bond donors (Lipinski definition) is 1. The SMILES string of the molecule is CN(c1cccc2ccccc12)C1CCCC1N. The molecule has 1 saturated carbocycles. The van der Waals surface area contributed by atoms with E-state index in [9.17, 15) is 0 Å². The van der Waals surface area contributed by atoms with Gasteiger partial charge in [0, 0.05) is 30.2 Å². The molecule has 0 bridgehead atoms. The normalized spacial score (nSPS) is 23.4. The zero-order valence-corrected chi connectivity index (χ0v) is 10.8. The lowest BCUT2D eigenvalue weighted by atomic mass is 10.1. The molecule has 2 nitrogen and oxygen atoms in total. The number of nitrogens with two attached hydrogens (primary N) is 1. The summed E-state index contributed by atoms with van der Waals surface area (Å²) in [5.74, 6) is 0. The first-order chi connectivity index (χ1) is 8.77. The number of likely N-dealkylation sites (N-methyl/N-ethyl adjacent to an activating group) is 1. The van der Waals surface area contributed by atoms with Gasteiger partial charge in [-0.2, -0.15) is 0 Å². The largest absolute Gasteiger partial charge is 0.370 e. The summed E-state index contributed by atoms with van der Waals surface area (Å²) in [6, 6.07) is 15.9. The molecule has 1 fully saturated rings. The summed E-state index contributed by atoms with van der Waals surface area (Å²) < 4.78 is 0. The highest BCUT2D eigenvalue weighted by Gasteiger charge is 2.28. The van der Waals surface area contributed by atoms with Gasteiger partial charge < -0.3 is 10.6 Å². The summed E-state index contributed by atoms with van der Waals surface area (Å²) in [5.41, 5.74) is 7.52. The molecule has 2 aromatic rings. The average molecular weight is 240 g/mol. The van der Waals surface area contributed by atoms with Gasteiger partial charge >= 0.3 is 0 Å². The van der Waals surface area contributed by atoms with Gasteiger partial charge in [-0.05, 0) is 30.7 Å². The quantitative estimate of drug-likeness (QED) is 0.873. The summed E-state index contributed by atoms with van der Waals surface area (Å²) in [5, 5.41) is 2.62. The van der Waals surface area contributed by atoms with Crippen molar-refractivity contribution in [3.05, 3.63) is 42.5 Å². The Labute approximate surface area is 108 Å². The van der Waals surface area contributed by atoms with Gasteiger partial charge in [0.05, 0.1) is 0 Å². The van der Waals surface area contributed by atoms with E-state index >= 15 is 0 Å². The summed E-state index contributed by atoms with van der Waals surface area (Å²) >= 11 is 0. The summed E-state index contributed by atoms with van der Waals surface area (Å²) in [7, 11) is 2.18. The lowest BCUT2D eigenvalue weighted by Crippen LogP contribution is -2.42. The van der Waals surface area contributed by atoms with Gasteiger partial charge in [0.15, 0.2) is 0 Å². The third-order valence-electron chi connectivity index (χ3n) is 4.18. The number of hydrogen-bond acceptors (Lipinski definition) is 2. The molecular weight excluding hydrogens is 220 g/mol. The van der Waals surface area contributed by atoms with Crippen LogP contribution in [-0.4, -0.2) is 19.1 Å². The number of fused-ring (bicyclic) bond motifs is 1. The first-order valence-corrected chi connectivity index (χ1v) is 6.73. The second kappa shape index (κ2) is 4.62. The molecular formula is C16H20N2. The van der Waals surface area contributed by atoms with Crippen LogP contribution in [0.4, 0.5) is 5.69 Å². The maximum Gasteiger partial charge on any atom is 0.0446 e. The van der Waals surface area contributed by atoms with E-state index in [-0.39, 0.29) is 0 Å². The van der Waals surface area contributed by atoms with Gasteiger partial charge in [-0.25, -0.2) is 0 Å². The third kappa shape index (κ3) is 1.87. The molecule has 2 unspecified atom stereocenters. The Morgan fingerprint density at radius 3 is 2.61 bits per heavy atom. The molecule has 0 amide bonds. The summed E-state index contributed by atoms with van der Waals surface area (Å²) in [6.07, 6.45) is 3.61. The molecule has 0 aromatic heterocycles. The molecule has 0 heterocycles. The topological polar surface area (TPSA) is 29.3 Å². The van der Waals surface area contributed by atoms with E-state index in [0.29, 0.717) is 12.1 Å². The van der Waals surface area contributed by atoms with Crippen LogP contribution >= 0.6 is 0 Å². The molecule has 0 radical (unpaired) electrons. The van der Waals surface area contributed by atoms with Gasteiger partial charge in [-0.3, -0.25) is 0 Å². The molecule has 3 rings (SSSR count). The van der Waals surface area contributed by atoms with Gasteiger partial charge in [0.25, 0.3) is 0 Å². The van der Waals surface area contributed by atoms with E-state index in [1.807, 2.05) is 0 Å². The van der Waals surface area contributed by atoms with Crippen molar-refractivity contribution in [2.24, 2.45) is 5.73 Å². The van der Waals surface area contributed by atoms with Crippen molar-refractivity contribution < 1.29 is 0 Å². The van der Waals surface area contributed by atoms with E-state index < -0.39 is 0 Å². The Morgan fingerprint density at radius 2 is 1.83 bits per heavy atom. The minimum atomic E-state index is 0.314. The standard InChI is InChI=1S/C16H20N2/c1-18(16-11-5-9-14(16)17)15-10-4-7-12-6-2-3-8-13(12)15/h2-4,6-8,10,14,16H,5,9,11,17H2,1H3. The fourth-order valence-corrected chi connectivity index (χ4v) is 3.14. The van der Waals surface area contributed by atoms with Gasteiger partial charge in [0.1, 0.15) is 0 Å². The Bertz CT molecular complexity index is 544. The lowest BCUT2D eigenvalue weighted by molar-refractivity contribution is 0.574. The van der Waals surface area contributed by atoms with E-state index in [1.54, 1.807) is 0 Å². The second-order valence-electron chi connectivity index (χ2n) is 5.27. The maximum atomic E-state index is 6.22. The van der Waals surface area contributed by atoms with Crippen LogP contribution in [0.15, 0.2) is 42.5 Å². The Hall–Kier alpha value is -1.54. The van der Waals surface area contributed by atoms with Gasteiger partial charge in [-0.15, -0.1) is 0 Å². The van der Waals surface area contributed by atoms with Crippen molar-refractivity contribution in [2.75, 3.05) is 11.9 Å². The zero-order valence-electron chi connectivity index (χ0n) is 10.8.